The summed E-state index contributed by atoms with van der Waals surface area (Å²) in [6.07, 6.45) is 2.86. The Morgan fingerprint density at radius 2 is 1.86 bits per heavy atom. The van der Waals surface area contributed by atoms with Crippen LogP contribution >= 0.6 is 0 Å². The third-order valence-corrected chi connectivity index (χ3v) is 3.80. The number of aromatic nitrogens is 2. The lowest BCUT2D eigenvalue weighted by Gasteiger charge is -2.07. The number of rotatable bonds is 2. The molecule has 1 aliphatic rings. The first-order chi connectivity index (χ1) is 10.3. The Hall–Kier alpha value is -2.68. The second kappa shape index (κ2) is 4.70. The molecule has 0 aliphatic heterocycles. The molecule has 21 heavy (non-hydrogen) atoms. The van der Waals surface area contributed by atoms with Crippen molar-refractivity contribution >= 4 is 11.6 Å². The van der Waals surface area contributed by atoms with Crippen molar-refractivity contribution in [1.29, 1.82) is 0 Å². The minimum absolute atomic E-state index is 0.648. The molecule has 3 heteroatoms. The molecular weight excluding hydrogens is 258 g/mol. The largest absolute Gasteiger partial charge is 0.324 e. The first-order valence-corrected chi connectivity index (χ1v) is 7.07. The van der Waals surface area contributed by atoms with Crippen LogP contribution in [0.15, 0.2) is 54.7 Å². The van der Waals surface area contributed by atoms with Crippen LogP contribution < -0.4 is 5.32 Å². The molecule has 0 atom stereocenters. The lowest BCUT2D eigenvalue weighted by Crippen LogP contribution is -1.98. The fraction of sp³-hybridized carbons (Fsp3) is 0.111. The van der Waals surface area contributed by atoms with Crippen molar-refractivity contribution in [2.24, 2.45) is 0 Å². The number of benzene rings is 2. The van der Waals surface area contributed by atoms with Crippen molar-refractivity contribution < 1.29 is 0 Å². The van der Waals surface area contributed by atoms with E-state index in [-0.39, 0.29) is 0 Å². The van der Waals surface area contributed by atoms with Gasteiger partial charge >= 0.3 is 0 Å². The lowest BCUT2D eigenvalue weighted by molar-refractivity contribution is 1.12. The standard InChI is InChI=1S/C18H15N3/c1-12-7-8-13-10-14-11-19-18(21-17(14)16(13)9-12)20-15-5-3-2-4-6-15/h2-9,11H,10H2,1H3,(H,19,20,21). The molecule has 0 fully saturated rings. The van der Waals surface area contributed by atoms with Crippen molar-refractivity contribution in [1.82, 2.24) is 9.97 Å². The monoisotopic (exact) mass is 273 g/mol. The van der Waals surface area contributed by atoms with Gasteiger partial charge in [-0.1, -0.05) is 35.9 Å². The highest BCUT2D eigenvalue weighted by Gasteiger charge is 2.20. The minimum Gasteiger partial charge on any atom is -0.324 e. The van der Waals surface area contributed by atoms with E-state index in [2.05, 4.69) is 35.4 Å². The predicted octanol–water partition coefficient (Wildman–Crippen LogP) is 4.10. The van der Waals surface area contributed by atoms with Crippen LogP contribution in [0.2, 0.25) is 0 Å². The maximum Gasteiger partial charge on any atom is 0.227 e. The van der Waals surface area contributed by atoms with Crippen molar-refractivity contribution in [3.05, 3.63) is 71.4 Å². The third kappa shape index (κ3) is 2.17. The number of nitrogens with one attached hydrogen (secondary N) is 1. The quantitative estimate of drug-likeness (QED) is 0.597. The summed E-state index contributed by atoms with van der Waals surface area (Å²) in [5.74, 6) is 0.648. The van der Waals surface area contributed by atoms with Gasteiger partial charge in [0.25, 0.3) is 0 Å². The van der Waals surface area contributed by atoms with Crippen LogP contribution in [0, 0.1) is 6.92 Å². The summed E-state index contributed by atoms with van der Waals surface area (Å²) in [6.45, 7) is 2.11. The van der Waals surface area contributed by atoms with Crippen molar-refractivity contribution in [2.45, 2.75) is 13.3 Å². The van der Waals surface area contributed by atoms with Crippen LogP contribution in [0.3, 0.4) is 0 Å². The zero-order valence-corrected chi connectivity index (χ0v) is 11.8. The molecule has 0 radical (unpaired) electrons. The average Bonchev–Trinajstić information content (AvgIpc) is 2.86. The number of para-hydroxylation sites is 1. The molecule has 1 aliphatic carbocycles. The molecule has 0 saturated carbocycles. The summed E-state index contributed by atoms with van der Waals surface area (Å²) >= 11 is 0. The zero-order chi connectivity index (χ0) is 14.2. The lowest BCUT2D eigenvalue weighted by atomic mass is 10.1. The van der Waals surface area contributed by atoms with Gasteiger partial charge in [-0.3, -0.25) is 0 Å². The van der Waals surface area contributed by atoms with Gasteiger partial charge in [-0.05, 0) is 30.7 Å². The molecule has 3 aromatic rings. The van der Waals surface area contributed by atoms with Gasteiger partial charge < -0.3 is 5.32 Å². The fourth-order valence-corrected chi connectivity index (χ4v) is 2.75. The van der Waals surface area contributed by atoms with Gasteiger partial charge in [0.2, 0.25) is 5.95 Å². The summed E-state index contributed by atoms with van der Waals surface area (Å²) in [7, 11) is 0. The highest BCUT2D eigenvalue weighted by atomic mass is 15.1. The zero-order valence-electron chi connectivity index (χ0n) is 11.8. The smallest absolute Gasteiger partial charge is 0.227 e. The first-order valence-electron chi connectivity index (χ1n) is 7.07. The number of hydrogen-bond acceptors (Lipinski definition) is 3. The highest BCUT2D eigenvalue weighted by Crippen LogP contribution is 2.35. The molecule has 0 saturated heterocycles. The Balaban J connectivity index is 1.74. The SMILES string of the molecule is Cc1ccc2c(c1)-c1nc(Nc3ccccc3)ncc1C2. The van der Waals surface area contributed by atoms with Gasteiger partial charge in [-0.2, -0.15) is 0 Å². The van der Waals surface area contributed by atoms with Crippen LogP contribution in [-0.4, -0.2) is 9.97 Å². The van der Waals surface area contributed by atoms with E-state index in [1.807, 2.05) is 36.5 Å². The third-order valence-electron chi connectivity index (χ3n) is 3.80. The van der Waals surface area contributed by atoms with Crippen molar-refractivity contribution in [2.75, 3.05) is 5.32 Å². The minimum atomic E-state index is 0.648. The summed E-state index contributed by atoms with van der Waals surface area (Å²) in [6, 6.07) is 16.6. The Morgan fingerprint density at radius 3 is 2.71 bits per heavy atom. The molecule has 0 spiro atoms. The maximum atomic E-state index is 4.71. The summed E-state index contributed by atoms with van der Waals surface area (Å²) in [5.41, 5.74) is 7.10. The van der Waals surface area contributed by atoms with Crippen LogP contribution in [0.25, 0.3) is 11.3 Å². The molecule has 2 aromatic carbocycles. The highest BCUT2D eigenvalue weighted by molar-refractivity contribution is 5.74. The molecule has 3 nitrogen and oxygen atoms in total. The molecule has 1 N–H and O–H groups in total. The van der Waals surface area contributed by atoms with E-state index < -0.39 is 0 Å². The van der Waals surface area contributed by atoms with E-state index >= 15 is 0 Å². The topological polar surface area (TPSA) is 37.8 Å². The van der Waals surface area contributed by atoms with E-state index in [0.29, 0.717) is 5.95 Å². The van der Waals surface area contributed by atoms with Crippen LogP contribution in [-0.2, 0) is 6.42 Å². The van der Waals surface area contributed by atoms with Crippen LogP contribution in [0.1, 0.15) is 16.7 Å². The number of nitrogens with zero attached hydrogens (tertiary/aromatic N) is 2. The molecular formula is C18H15N3. The summed E-state index contributed by atoms with van der Waals surface area (Å²) < 4.78 is 0. The van der Waals surface area contributed by atoms with Gasteiger partial charge in [0.15, 0.2) is 0 Å². The molecule has 102 valence electrons. The van der Waals surface area contributed by atoms with Gasteiger partial charge in [0, 0.05) is 29.4 Å². The predicted molar refractivity (Wildman–Crippen MR) is 84.7 cm³/mol. The second-order valence-electron chi connectivity index (χ2n) is 5.40. The van der Waals surface area contributed by atoms with E-state index in [4.69, 9.17) is 4.98 Å². The number of aryl methyl sites for hydroxylation is 1. The number of hydrogen-bond donors (Lipinski definition) is 1. The van der Waals surface area contributed by atoms with Crippen molar-refractivity contribution in [3.63, 3.8) is 0 Å². The molecule has 1 aromatic heterocycles. The first kappa shape index (κ1) is 12.1. The molecule has 0 amide bonds. The van der Waals surface area contributed by atoms with Gasteiger partial charge in [-0.25, -0.2) is 9.97 Å². The fourth-order valence-electron chi connectivity index (χ4n) is 2.75. The summed E-state index contributed by atoms with van der Waals surface area (Å²) in [4.78, 5) is 9.14. The Bertz CT molecular complexity index is 810. The Morgan fingerprint density at radius 1 is 1.00 bits per heavy atom. The van der Waals surface area contributed by atoms with E-state index in [0.717, 1.165) is 17.8 Å². The van der Waals surface area contributed by atoms with Crippen molar-refractivity contribution in [3.8, 4) is 11.3 Å². The average molecular weight is 273 g/mol. The molecule has 1 heterocycles. The maximum absolute atomic E-state index is 4.71. The normalized spacial score (nSPS) is 11.9. The van der Waals surface area contributed by atoms with E-state index in [1.165, 1.54) is 22.3 Å². The molecule has 0 bridgehead atoms. The van der Waals surface area contributed by atoms with Gasteiger partial charge in [0.1, 0.15) is 0 Å². The van der Waals surface area contributed by atoms with Crippen LogP contribution in [0.5, 0.6) is 0 Å². The van der Waals surface area contributed by atoms with Crippen LogP contribution in [0.4, 0.5) is 11.6 Å². The number of anilines is 2. The molecule has 0 unspecified atom stereocenters. The second-order valence-corrected chi connectivity index (χ2v) is 5.40. The number of fused-ring (bicyclic) bond motifs is 3. The van der Waals surface area contributed by atoms with E-state index in [9.17, 15) is 0 Å². The van der Waals surface area contributed by atoms with Gasteiger partial charge in [-0.15, -0.1) is 0 Å². The Labute approximate surface area is 123 Å². The summed E-state index contributed by atoms with van der Waals surface area (Å²) in [5, 5.41) is 3.26. The molecule has 4 rings (SSSR count). The van der Waals surface area contributed by atoms with Gasteiger partial charge in [0.05, 0.1) is 5.69 Å². The Kier molecular flexibility index (Phi) is 2.71. The van der Waals surface area contributed by atoms with E-state index in [1.54, 1.807) is 0 Å².